The Balaban J connectivity index is 2.60. The van der Waals surface area contributed by atoms with Crippen LogP contribution in [0.5, 0.6) is 0 Å². The van der Waals surface area contributed by atoms with Gasteiger partial charge >= 0.3 is 5.97 Å². The topological polar surface area (TPSA) is 68.0 Å². The smallest absolute Gasteiger partial charge is 0.358 e. The van der Waals surface area contributed by atoms with Gasteiger partial charge in [-0.05, 0) is 37.5 Å². The number of aromatic nitrogens is 3. The maximum absolute atomic E-state index is 11.2. The fourth-order valence-corrected chi connectivity index (χ4v) is 2.00. The maximum atomic E-state index is 11.2. The van der Waals surface area contributed by atoms with E-state index in [9.17, 15) is 9.90 Å². The van der Waals surface area contributed by atoms with Gasteiger partial charge in [0.1, 0.15) is 5.69 Å². The van der Waals surface area contributed by atoms with Crippen LogP contribution in [0.4, 0.5) is 0 Å². The monoisotopic (exact) mass is 259 g/mol. The first-order valence-corrected chi connectivity index (χ1v) is 6.29. The predicted molar refractivity (Wildman–Crippen MR) is 72.2 cm³/mol. The summed E-state index contributed by atoms with van der Waals surface area (Å²) in [6.45, 7) is 6.71. The van der Waals surface area contributed by atoms with E-state index in [2.05, 4.69) is 10.3 Å². The van der Waals surface area contributed by atoms with Crippen molar-refractivity contribution in [3.8, 4) is 11.3 Å². The number of aromatic carboxylic acids is 1. The van der Waals surface area contributed by atoms with Gasteiger partial charge in [0.2, 0.25) is 0 Å². The van der Waals surface area contributed by atoms with Crippen LogP contribution in [0.25, 0.3) is 11.3 Å². The molecule has 1 N–H and O–H groups in total. The van der Waals surface area contributed by atoms with E-state index in [4.69, 9.17) is 0 Å². The summed E-state index contributed by atoms with van der Waals surface area (Å²) in [6, 6.07) is 5.88. The number of aryl methyl sites for hydroxylation is 3. The van der Waals surface area contributed by atoms with Crippen LogP contribution >= 0.6 is 0 Å². The fourth-order valence-electron chi connectivity index (χ4n) is 2.00. The SMILES string of the molecule is CCCn1nnc(C(=O)O)c1-c1ccc(C)c(C)c1. The minimum atomic E-state index is -1.05. The molecule has 5 heteroatoms. The molecule has 0 amide bonds. The number of benzene rings is 1. The van der Waals surface area contributed by atoms with Crippen molar-refractivity contribution < 1.29 is 9.90 Å². The first kappa shape index (κ1) is 13.3. The van der Waals surface area contributed by atoms with Crippen LogP contribution in [0.3, 0.4) is 0 Å². The molecule has 0 aliphatic carbocycles. The molecule has 1 aromatic heterocycles. The van der Waals surface area contributed by atoms with Gasteiger partial charge in [0, 0.05) is 12.1 Å². The molecule has 0 radical (unpaired) electrons. The van der Waals surface area contributed by atoms with Gasteiger partial charge in [-0.25, -0.2) is 9.48 Å². The summed E-state index contributed by atoms with van der Waals surface area (Å²) in [4.78, 5) is 11.2. The molecule has 19 heavy (non-hydrogen) atoms. The zero-order valence-corrected chi connectivity index (χ0v) is 11.3. The number of nitrogens with zero attached hydrogens (tertiary/aromatic N) is 3. The Morgan fingerprint density at radius 1 is 1.32 bits per heavy atom. The molecule has 0 spiro atoms. The molecule has 1 heterocycles. The second-order valence-electron chi connectivity index (χ2n) is 4.61. The second-order valence-corrected chi connectivity index (χ2v) is 4.61. The summed E-state index contributed by atoms with van der Waals surface area (Å²) >= 11 is 0. The van der Waals surface area contributed by atoms with Gasteiger partial charge in [-0.15, -0.1) is 5.10 Å². The number of carboxylic acids is 1. The summed E-state index contributed by atoms with van der Waals surface area (Å²) in [5.74, 6) is -1.05. The normalized spacial score (nSPS) is 10.7. The summed E-state index contributed by atoms with van der Waals surface area (Å²) in [5, 5.41) is 16.9. The average Bonchev–Trinajstić information content (AvgIpc) is 2.77. The average molecular weight is 259 g/mol. The first-order valence-electron chi connectivity index (χ1n) is 6.29. The molecule has 0 bridgehead atoms. The predicted octanol–water partition coefficient (Wildman–Crippen LogP) is 2.67. The van der Waals surface area contributed by atoms with E-state index in [-0.39, 0.29) is 5.69 Å². The van der Waals surface area contributed by atoms with E-state index in [0.29, 0.717) is 12.2 Å². The highest BCUT2D eigenvalue weighted by atomic mass is 16.4. The summed E-state index contributed by atoms with van der Waals surface area (Å²) in [5.41, 5.74) is 3.74. The summed E-state index contributed by atoms with van der Waals surface area (Å²) < 4.78 is 1.66. The molecular formula is C14H17N3O2. The lowest BCUT2D eigenvalue weighted by molar-refractivity contribution is 0.0691. The molecule has 1 aromatic carbocycles. The number of carbonyl (C=O) groups is 1. The van der Waals surface area contributed by atoms with Crippen LogP contribution in [0.15, 0.2) is 18.2 Å². The Kier molecular flexibility index (Phi) is 3.64. The van der Waals surface area contributed by atoms with Crippen molar-refractivity contribution in [1.82, 2.24) is 15.0 Å². The van der Waals surface area contributed by atoms with Gasteiger partial charge in [0.05, 0.1) is 0 Å². The van der Waals surface area contributed by atoms with E-state index in [1.165, 1.54) is 5.56 Å². The van der Waals surface area contributed by atoms with Crippen molar-refractivity contribution in [2.45, 2.75) is 33.7 Å². The molecule has 0 saturated carbocycles. The van der Waals surface area contributed by atoms with Crippen molar-refractivity contribution >= 4 is 5.97 Å². The van der Waals surface area contributed by atoms with Crippen LogP contribution < -0.4 is 0 Å². The molecule has 0 saturated heterocycles. The Labute approximate surface area is 111 Å². The molecule has 5 nitrogen and oxygen atoms in total. The van der Waals surface area contributed by atoms with Crippen LogP contribution in [-0.2, 0) is 6.54 Å². The highest BCUT2D eigenvalue weighted by Crippen LogP contribution is 2.25. The second kappa shape index (κ2) is 5.22. The van der Waals surface area contributed by atoms with Gasteiger partial charge in [-0.1, -0.05) is 24.3 Å². The lowest BCUT2D eigenvalue weighted by Crippen LogP contribution is -2.05. The Morgan fingerprint density at radius 3 is 2.63 bits per heavy atom. The minimum Gasteiger partial charge on any atom is -0.476 e. The van der Waals surface area contributed by atoms with Crippen molar-refractivity contribution in [3.05, 3.63) is 35.0 Å². The van der Waals surface area contributed by atoms with Gasteiger partial charge in [0.15, 0.2) is 5.69 Å². The number of hydrogen-bond donors (Lipinski definition) is 1. The summed E-state index contributed by atoms with van der Waals surface area (Å²) in [6.07, 6.45) is 0.875. The van der Waals surface area contributed by atoms with Gasteiger partial charge < -0.3 is 5.11 Å². The van der Waals surface area contributed by atoms with Crippen molar-refractivity contribution in [3.63, 3.8) is 0 Å². The highest BCUT2D eigenvalue weighted by molar-refractivity contribution is 5.92. The Morgan fingerprint density at radius 2 is 2.05 bits per heavy atom. The molecule has 0 aliphatic heterocycles. The zero-order valence-electron chi connectivity index (χ0n) is 11.3. The molecule has 0 aliphatic rings. The molecule has 0 unspecified atom stereocenters. The van der Waals surface area contributed by atoms with E-state index < -0.39 is 5.97 Å². The third-order valence-electron chi connectivity index (χ3n) is 3.15. The standard InChI is InChI=1S/C14H17N3O2/c1-4-7-17-13(12(14(18)19)15-16-17)11-6-5-9(2)10(3)8-11/h5-6,8H,4,7H2,1-3H3,(H,18,19). The number of hydrogen-bond acceptors (Lipinski definition) is 3. The summed E-state index contributed by atoms with van der Waals surface area (Å²) in [7, 11) is 0. The van der Waals surface area contributed by atoms with E-state index >= 15 is 0 Å². The van der Waals surface area contributed by atoms with Gasteiger partial charge in [0.25, 0.3) is 0 Å². The molecule has 2 rings (SSSR count). The maximum Gasteiger partial charge on any atom is 0.358 e. The molecule has 0 atom stereocenters. The highest BCUT2D eigenvalue weighted by Gasteiger charge is 2.20. The third kappa shape index (κ3) is 2.50. The van der Waals surface area contributed by atoms with Crippen molar-refractivity contribution in [1.29, 1.82) is 0 Å². The Hall–Kier alpha value is -2.17. The van der Waals surface area contributed by atoms with Gasteiger partial charge in [-0.2, -0.15) is 0 Å². The lowest BCUT2D eigenvalue weighted by Gasteiger charge is -2.08. The molecule has 100 valence electrons. The van der Waals surface area contributed by atoms with E-state index in [1.807, 2.05) is 39.0 Å². The number of rotatable bonds is 4. The van der Waals surface area contributed by atoms with Crippen LogP contribution in [-0.4, -0.2) is 26.1 Å². The van der Waals surface area contributed by atoms with Crippen LogP contribution in [0, 0.1) is 13.8 Å². The van der Waals surface area contributed by atoms with E-state index in [0.717, 1.165) is 17.5 Å². The molecule has 0 fully saturated rings. The van der Waals surface area contributed by atoms with Gasteiger partial charge in [-0.3, -0.25) is 0 Å². The van der Waals surface area contributed by atoms with E-state index in [1.54, 1.807) is 4.68 Å². The molecule has 2 aromatic rings. The van der Waals surface area contributed by atoms with Crippen molar-refractivity contribution in [2.24, 2.45) is 0 Å². The minimum absolute atomic E-state index is 0.0108. The number of carboxylic acid groups (broad SMARTS) is 1. The lowest BCUT2D eigenvalue weighted by atomic mass is 10.0. The van der Waals surface area contributed by atoms with Crippen molar-refractivity contribution in [2.75, 3.05) is 0 Å². The Bertz CT molecular complexity index is 617. The first-order chi connectivity index (χ1) is 9.04. The largest absolute Gasteiger partial charge is 0.476 e. The third-order valence-corrected chi connectivity index (χ3v) is 3.15. The van der Waals surface area contributed by atoms with Crippen LogP contribution in [0.1, 0.15) is 35.0 Å². The quantitative estimate of drug-likeness (QED) is 0.916. The fraction of sp³-hybridized carbons (Fsp3) is 0.357. The van der Waals surface area contributed by atoms with Crippen LogP contribution in [0.2, 0.25) is 0 Å². The molecular weight excluding hydrogens is 242 g/mol. The zero-order chi connectivity index (χ0) is 14.0.